The van der Waals surface area contributed by atoms with Crippen molar-refractivity contribution < 1.29 is 23.7 Å². The van der Waals surface area contributed by atoms with Crippen molar-refractivity contribution >= 4 is 34.6 Å². The van der Waals surface area contributed by atoms with Crippen LogP contribution in [0, 0.1) is 0 Å². The lowest BCUT2D eigenvalue weighted by atomic mass is 10.1. The van der Waals surface area contributed by atoms with Crippen LogP contribution >= 0.6 is 11.8 Å². The van der Waals surface area contributed by atoms with E-state index in [0.717, 1.165) is 28.3 Å². The van der Waals surface area contributed by atoms with E-state index in [4.69, 9.17) is 23.9 Å². The van der Waals surface area contributed by atoms with Crippen molar-refractivity contribution in [2.75, 3.05) is 13.4 Å². The van der Waals surface area contributed by atoms with Gasteiger partial charge in [-0.25, -0.2) is 4.99 Å². The zero-order chi connectivity index (χ0) is 25.8. The second-order valence-electron chi connectivity index (χ2n) is 8.72. The van der Waals surface area contributed by atoms with Crippen molar-refractivity contribution in [1.82, 2.24) is 4.90 Å². The Balaban J connectivity index is 1.36. The van der Waals surface area contributed by atoms with E-state index in [1.807, 2.05) is 93.6 Å². The van der Waals surface area contributed by atoms with Crippen molar-refractivity contribution in [2.45, 2.75) is 33.4 Å². The number of carbonyl (C=O) groups is 1. The second kappa shape index (κ2) is 11.0. The summed E-state index contributed by atoms with van der Waals surface area (Å²) in [6.45, 7) is 6.98. The number of rotatable bonds is 8. The van der Waals surface area contributed by atoms with Gasteiger partial charge in [-0.2, -0.15) is 0 Å². The first-order chi connectivity index (χ1) is 18.0. The van der Waals surface area contributed by atoms with Crippen LogP contribution in [0.3, 0.4) is 0 Å². The summed E-state index contributed by atoms with van der Waals surface area (Å²) in [4.78, 5) is 20.3. The maximum atomic E-state index is 13.3. The number of thioether (sulfide) groups is 1. The molecule has 2 aliphatic rings. The smallest absolute Gasteiger partial charge is 0.266 e. The van der Waals surface area contributed by atoms with Crippen LogP contribution in [-0.2, 0) is 11.4 Å². The molecule has 0 aromatic heterocycles. The predicted octanol–water partition coefficient (Wildman–Crippen LogP) is 6.41. The van der Waals surface area contributed by atoms with Crippen molar-refractivity contribution in [3.63, 3.8) is 0 Å². The molecule has 0 N–H and O–H groups in total. The molecule has 8 heteroatoms. The molecule has 190 valence electrons. The second-order valence-corrected chi connectivity index (χ2v) is 9.73. The topological polar surface area (TPSA) is 69.6 Å². The van der Waals surface area contributed by atoms with Crippen LogP contribution in [0.5, 0.6) is 23.0 Å². The minimum Gasteiger partial charge on any atom is -0.490 e. The van der Waals surface area contributed by atoms with Gasteiger partial charge in [0.2, 0.25) is 6.79 Å². The molecule has 7 nitrogen and oxygen atoms in total. The maximum Gasteiger partial charge on any atom is 0.266 e. The van der Waals surface area contributed by atoms with Gasteiger partial charge < -0.3 is 18.9 Å². The summed E-state index contributed by atoms with van der Waals surface area (Å²) >= 11 is 1.38. The summed E-state index contributed by atoms with van der Waals surface area (Å²) in [5, 5.41) is 0.672. The van der Waals surface area contributed by atoms with Gasteiger partial charge in [0.1, 0.15) is 6.61 Å². The summed E-state index contributed by atoms with van der Waals surface area (Å²) < 4.78 is 22.8. The van der Waals surface area contributed by atoms with Gasteiger partial charge in [0.15, 0.2) is 28.2 Å². The van der Waals surface area contributed by atoms with E-state index >= 15 is 0 Å². The van der Waals surface area contributed by atoms with Crippen LogP contribution in [0.4, 0.5) is 5.69 Å². The van der Waals surface area contributed by atoms with E-state index in [9.17, 15) is 4.79 Å². The molecule has 0 spiro atoms. The first kappa shape index (κ1) is 24.8. The number of hydrogen-bond acceptors (Lipinski definition) is 7. The molecule has 0 aliphatic carbocycles. The largest absolute Gasteiger partial charge is 0.490 e. The molecule has 3 aromatic rings. The molecule has 1 amide bonds. The van der Waals surface area contributed by atoms with Gasteiger partial charge >= 0.3 is 0 Å². The minimum absolute atomic E-state index is 0.0145. The molecule has 37 heavy (non-hydrogen) atoms. The van der Waals surface area contributed by atoms with Gasteiger partial charge in [0.25, 0.3) is 5.91 Å². The van der Waals surface area contributed by atoms with E-state index in [-0.39, 0.29) is 18.7 Å². The lowest BCUT2D eigenvalue weighted by Gasteiger charge is -2.19. The van der Waals surface area contributed by atoms with Crippen LogP contribution in [0.1, 0.15) is 31.9 Å². The molecule has 0 radical (unpaired) electrons. The van der Waals surface area contributed by atoms with Crippen molar-refractivity contribution in [3.8, 4) is 23.0 Å². The van der Waals surface area contributed by atoms with Gasteiger partial charge in [-0.3, -0.25) is 9.69 Å². The molecule has 0 unspecified atom stereocenters. The lowest BCUT2D eigenvalue weighted by molar-refractivity contribution is -0.123. The molecular formula is C29H28N2O5S. The van der Waals surface area contributed by atoms with E-state index in [1.165, 1.54) is 11.8 Å². The average Bonchev–Trinajstić information content (AvgIpc) is 3.48. The zero-order valence-corrected chi connectivity index (χ0v) is 21.8. The Morgan fingerprint density at radius 1 is 1.00 bits per heavy atom. The van der Waals surface area contributed by atoms with Crippen molar-refractivity contribution in [3.05, 3.63) is 82.8 Å². The Hall–Kier alpha value is -3.91. The third kappa shape index (κ3) is 5.59. The van der Waals surface area contributed by atoms with Gasteiger partial charge in [-0.15, -0.1) is 0 Å². The van der Waals surface area contributed by atoms with Crippen LogP contribution in [0.15, 0.2) is 76.6 Å². The summed E-state index contributed by atoms with van der Waals surface area (Å²) in [5.74, 6) is 2.64. The summed E-state index contributed by atoms with van der Waals surface area (Å²) in [6, 6.07) is 21.1. The fraction of sp³-hybridized carbons (Fsp3) is 0.241. The highest BCUT2D eigenvalue weighted by Gasteiger charge is 2.35. The number of fused-ring (bicyclic) bond motifs is 1. The highest BCUT2D eigenvalue weighted by atomic mass is 32.2. The number of benzene rings is 3. The number of carbonyl (C=O) groups excluding carboxylic acids is 1. The van der Waals surface area contributed by atoms with Gasteiger partial charge in [-0.1, -0.05) is 30.3 Å². The molecule has 0 atom stereocenters. The average molecular weight is 517 g/mol. The first-order valence-electron chi connectivity index (χ1n) is 12.2. The van der Waals surface area contributed by atoms with Crippen LogP contribution in [0.25, 0.3) is 6.08 Å². The number of ether oxygens (including phenoxy) is 4. The molecule has 1 fully saturated rings. The van der Waals surface area contributed by atoms with E-state index < -0.39 is 0 Å². The molecule has 5 rings (SSSR count). The Morgan fingerprint density at radius 2 is 1.81 bits per heavy atom. The van der Waals surface area contributed by atoms with Gasteiger partial charge in [0.05, 0.1) is 17.2 Å². The predicted molar refractivity (Wildman–Crippen MR) is 146 cm³/mol. The Morgan fingerprint density at radius 3 is 2.59 bits per heavy atom. The fourth-order valence-electron chi connectivity index (χ4n) is 3.98. The Kier molecular flexibility index (Phi) is 7.37. The molecule has 3 aromatic carbocycles. The van der Waals surface area contributed by atoms with Crippen LogP contribution in [-0.4, -0.2) is 35.4 Å². The normalized spacial score (nSPS) is 16.8. The number of hydrogen-bond donors (Lipinski definition) is 0. The van der Waals surface area contributed by atoms with Gasteiger partial charge in [0, 0.05) is 6.04 Å². The standard InChI is InChI=1S/C29H28N2O5S/c1-4-33-25-14-20(10-12-23(25)34-17-21-11-13-24-26(15-21)36-18-35-24)16-27-28(32)31(19(2)3)29(37-27)30-22-8-6-5-7-9-22/h5-16,19H,4,17-18H2,1-3H3/b27-16+,30-29?. The minimum atomic E-state index is -0.0595. The summed E-state index contributed by atoms with van der Waals surface area (Å²) in [5.41, 5.74) is 2.62. The Labute approximate surface area is 220 Å². The van der Waals surface area contributed by atoms with Gasteiger partial charge in [-0.05, 0) is 86.1 Å². The fourth-order valence-corrected chi connectivity index (χ4v) is 5.10. The van der Waals surface area contributed by atoms with E-state index in [0.29, 0.717) is 34.8 Å². The summed E-state index contributed by atoms with van der Waals surface area (Å²) in [6.07, 6.45) is 1.88. The number of para-hydroxylation sites is 1. The summed E-state index contributed by atoms with van der Waals surface area (Å²) in [7, 11) is 0. The Bertz CT molecular complexity index is 1350. The quantitative estimate of drug-likeness (QED) is 0.323. The molecule has 2 aliphatic heterocycles. The highest BCUT2D eigenvalue weighted by molar-refractivity contribution is 8.18. The number of aliphatic imine (C=N–C) groups is 1. The molecule has 0 bridgehead atoms. The van der Waals surface area contributed by atoms with E-state index in [1.54, 1.807) is 4.90 Å². The molecular weight excluding hydrogens is 488 g/mol. The molecule has 1 saturated heterocycles. The molecule has 0 saturated carbocycles. The third-order valence-corrected chi connectivity index (χ3v) is 6.71. The number of amides is 1. The third-order valence-electron chi connectivity index (χ3n) is 5.73. The lowest BCUT2D eigenvalue weighted by Crippen LogP contribution is -2.35. The zero-order valence-electron chi connectivity index (χ0n) is 21.0. The van der Waals surface area contributed by atoms with Crippen molar-refractivity contribution in [1.29, 1.82) is 0 Å². The monoisotopic (exact) mass is 516 g/mol. The molecule has 2 heterocycles. The van der Waals surface area contributed by atoms with E-state index in [2.05, 4.69) is 0 Å². The van der Waals surface area contributed by atoms with Crippen LogP contribution in [0.2, 0.25) is 0 Å². The maximum absolute atomic E-state index is 13.3. The highest BCUT2D eigenvalue weighted by Crippen LogP contribution is 2.37. The first-order valence-corrected chi connectivity index (χ1v) is 13.0. The van der Waals surface area contributed by atoms with Crippen LogP contribution < -0.4 is 18.9 Å². The number of nitrogens with zero attached hydrogens (tertiary/aromatic N) is 2. The SMILES string of the molecule is CCOc1cc(/C=C2/SC(=Nc3ccccc3)N(C(C)C)C2=O)ccc1OCc1ccc2c(c1)OCO2. The van der Waals surface area contributed by atoms with Crippen molar-refractivity contribution in [2.24, 2.45) is 4.99 Å². The number of amidine groups is 1.